The smallest absolute Gasteiger partial charge is 0.254 e. The van der Waals surface area contributed by atoms with Crippen LogP contribution in [0.4, 0.5) is 0 Å². The summed E-state index contributed by atoms with van der Waals surface area (Å²) >= 11 is 11.8. The van der Waals surface area contributed by atoms with Crippen LogP contribution in [0, 0.1) is 0 Å². The van der Waals surface area contributed by atoms with Gasteiger partial charge in [-0.15, -0.1) is 0 Å². The number of hydrogen-bond donors (Lipinski definition) is 0. The Morgan fingerprint density at radius 3 is 2.62 bits per heavy atom. The van der Waals surface area contributed by atoms with E-state index in [1.54, 1.807) is 18.2 Å². The van der Waals surface area contributed by atoms with Gasteiger partial charge in [0.05, 0.1) is 11.6 Å². The summed E-state index contributed by atoms with van der Waals surface area (Å²) in [6, 6.07) is 12.1. The Labute approximate surface area is 132 Å². The van der Waals surface area contributed by atoms with Gasteiger partial charge in [0.25, 0.3) is 5.91 Å². The number of carbonyl (C=O) groups excluding carboxylic acids is 2. The van der Waals surface area contributed by atoms with Gasteiger partial charge in [-0.2, -0.15) is 0 Å². The second kappa shape index (κ2) is 5.51. The first-order chi connectivity index (χ1) is 10.1. The molecular formula is C16H11Cl2NO2. The van der Waals surface area contributed by atoms with E-state index in [1.165, 1.54) is 11.0 Å². The molecule has 21 heavy (non-hydrogen) atoms. The zero-order valence-corrected chi connectivity index (χ0v) is 12.5. The van der Waals surface area contributed by atoms with Crippen molar-refractivity contribution in [2.24, 2.45) is 0 Å². The fourth-order valence-corrected chi connectivity index (χ4v) is 2.93. The fraction of sp³-hybridized carbons (Fsp3) is 0.125. The molecule has 5 heteroatoms. The second-order valence-electron chi connectivity index (χ2n) is 4.87. The van der Waals surface area contributed by atoms with E-state index in [1.807, 2.05) is 18.2 Å². The third-order valence-corrected chi connectivity index (χ3v) is 4.01. The molecule has 0 N–H and O–H groups in total. The lowest BCUT2D eigenvalue weighted by Gasteiger charge is -2.15. The molecule has 0 unspecified atom stereocenters. The molecule has 0 spiro atoms. The van der Waals surface area contributed by atoms with Crippen molar-refractivity contribution in [3.05, 3.63) is 69.2 Å². The van der Waals surface area contributed by atoms with Crippen LogP contribution in [0.3, 0.4) is 0 Å². The number of fused-ring (bicyclic) bond motifs is 1. The van der Waals surface area contributed by atoms with Crippen LogP contribution in [0.15, 0.2) is 42.5 Å². The number of rotatable bonds is 3. The molecule has 0 radical (unpaired) electrons. The molecule has 0 aliphatic carbocycles. The number of Topliss-reactive ketones (excluding diaryl/α,β-unsaturated/α-hetero) is 1. The molecule has 106 valence electrons. The van der Waals surface area contributed by atoms with E-state index in [9.17, 15) is 9.59 Å². The Morgan fingerprint density at radius 2 is 1.90 bits per heavy atom. The first kappa shape index (κ1) is 14.1. The molecule has 1 amide bonds. The molecule has 0 atom stereocenters. The van der Waals surface area contributed by atoms with Crippen molar-refractivity contribution in [3.63, 3.8) is 0 Å². The zero-order valence-electron chi connectivity index (χ0n) is 11.0. The van der Waals surface area contributed by atoms with E-state index in [0.29, 0.717) is 27.7 Å². The highest BCUT2D eigenvalue weighted by atomic mass is 35.5. The maximum Gasteiger partial charge on any atom is 0.254 e. The third-order valence-electron chi connectivity index (χ3n) is 3.46. The Hall–Kier alpha value is -1.84. The number of carbonyl (C=O) groups is 2. The molecule has 1 aliphatic heterocycles. The standard InChI is InChI=1S/C16H11Cl2NO2/c17-11-5-6-13(14(18)7-11)15(20)9-19-8-10-3-1-2-4-12(10)16(19)21/h1-7H,8-9H2. The van der Waals surface area contributed by atoms with Crippen LogP contribution in [-0.4, -0.2) is 23.1 Å². The molecule has 3 rings (SSSR count). The van der Waals surface area contributed by atoms with Gasteiger partial charge in [-0.3, -0.25) is 9.59 Å². The van der Waals surface area contributed by atoms with Crippen molar-refractivity contribution in [2.45, 2.75) is 6.54 Å². The van der Waals surface area contributed by atoms with Crippen molar-refractivity contribution < 1.29 is 9.59 Å². The van der Waals surface area contributed by atoms with Crippen molar-refractivity contribution >= 4 is 34.9 Å². The molecule has 1 aliphatic rings. The van der Waals surface area contributed by atoms with Gasteiger partial charge in [0.1, 0.15) is 0 Å². The van der Waals surface area contributed by atoms with E-state index >= 15 is 0 Å². The minimum Gasteiger partial charge on any atom is -0.327 e. The summed E-state index contributed by atoms with van der Waals surface area (Å²) in [5.41, 5.74) is 1.98. The molecule has 0 bridgehead atoms. The average Bonchev–Trinajstić information content (AvgIpc) is 2.76. The molecule has 0 saturated carbocycles. The fourth-order valence-electron chi connectivity index (χ4n) is 2.42. The Kier molecular flexibility index (Phi) is 3.70. The summed E-state index contributed by atoms with van der Waals surface area (Å²) in [5, 5.41) is 0.776. The zero-order chi connectivity index (χ0) is 15.0. The van der Waals surface area contributed by atoms with Crippen molar-refractivity contribution in [3.8, 4) is 0 Å². The van der Waals surface area contributed by atoms with E-state index in [2.05, 4.69) is 0 Å². The Balaban J connectivity index is 1.79. The lowest BCUT2D eigenvalue weighted by atomic mass is 10.1. The van der Waals surface area contributed by atoms with Crippen LogP contribution in [0.25, 0.3) is 0 Å². The third kappa shape index (κ3) is 2.67. The Bertz CT molecular complexity index is 743. The lowest BCUT2D eigenvalue weighted by Crippen LogP contribution is -2.30. The summed E-state index contributed by atoms with van der Waals surface area (Å²) in [7, 11) is 0. The highest BCUT2D eigenvalue weighted by Gasteiger charge is 2.28. The van der Waals surface area contributed by atoms with Crippen LogP contribution in [0.2, 0.25) is 10.0 Å². The van der Waals surface area contributed by atoms with E-state index in [0.717, 1.165) is 5.56 Å². The summed E-state index contributed by atoms with van der Waals surface area (Å²) in [6.07, 6.45) is 0. The van der Waals surface area contributed by atoms with Crippen LogP contribution >= 0.6 is 23.2 Å². The second-order valence-corrected chi connectivity index (χ2v) is 5.71. The van der Waals surface area contributed by atoms with E-state index in [4.69, 9.17) is 23.2 Å². The molecule has 2 aromatic rings. The van der Waals surface area contributed by atoms with Crippen molar-refractivity contribution in [2.75, 3.05) is 6.54 Å². The quantitative estimate of drug-likeness (QED) is 0.806. The number of halogens is 2. The van der Waals surface area contributed by atoms with Gasteiger partial charge in [0.15, 0.2) is 5.78 Å². The predicted molar refractivity (Wildman–Crippen MR) is 82.0 cm³/mol. The van der Waals surface area contributed by atoms with Crippen LogP contribution < -0.4 is 0 Å². The van der Waals surface area contributed by atoms with Gasteiger partial charge in [0.2, 0.25) is 0 Å². The van der Waals surface area contributed by atoms with Crippen LogP contribution in [-0.2, 0) is 6.54 Å². The van der Waals surface area contributed by atoms with Crippen molar-refractivity contribution in [1.82, 2.24) is 4.90 Å². The van der Waals surface area contributed by atoms with Gasteiger partial charge in [-0.05, 0) is 29.8 Å². The summed E-state index contributed by atoms with van der Waals surface area (Å²) in [6.45, 7) is 0.459. The molecule has 1 heterocycles. The first-order valence-electron chi connectivity index (χ1n) is 6.41. The topological polar surface area (TPSA) is 37.4 Å². The minimum absolute atomic E-state index is 0.00880. The first-order valence-corrected chi connectivity index (χ1v) is 7.17. The summed E-state index contributed by atoms with van der Waals surface area (Å²) in [4.78, 5) is 26.1. The molecule has 2 aromatic carbocycles. The average molecular weight is 320 g/mol. The number of ketones is 1. The van der Waals surface area contributed by atoms with Gasteiger partial charge >= 0.3 is 0 Å². The summed E-state index contributed by atoms with van der Waals surface area (Å²) < 4.78 is 0. The molecule has 3 nitrogen and oxygen atoms in total. The molecule has 0 saturated heterocycles. The molecule has 0 fully saturated rings. The predicted octanol–water partition coefficient (Wildman–Crippen LogP) is 3.83. The van der Waals surface area contributed by atoms with Crippen LogP contribution in [0.5, 0.6) is 0 Å². The van der Waals surface area contributed by atoms with Gasteiger partial charge in [-0.1, -0.05) is 41.4 Å². The number of benzene rings is 2. The number of nitrogens with zero attached hydrogens (tertiary/aromatic N) is 1. The highest BCUT2D eigenvalue weighted by Crippen LogP contribution is 2.25. The largest absolute Gasteiger partial charge is 0.327 e. The number of hydrogen-bond acceptors (Lipinski definition) is 2. The van der Waals surface area contributed by atoms with E-state index in [-0.39, 0.29) is 18.2 Å². The SMILES string of the molecule is O=C(CN1Cc2ccccc2C1=O)c1ccc(Cl)cc1Cl. The van der Waals surface area contributed by atoms with Crippen LogP contribution in [0.1, 0.15) is 26.3 Å². The lowest BCUT2D eigenvalue weighted by molar-refractivity contribution is 0.0729. The Morgan fingerprint density at radius 1 is 1.14 bits per heavy atom. The summed E-state index contributed by atoms with van der Waals surface area (Å²) in [5.74, 6) is -0.318. The normalized spacial score (nSPS) is 13.4. The van der Waals surface area contributed by atoms with Gasteiger partial charge in [-0.25, -0.2) is 0 Å². The maximum absolute atomic E-state index is 12.3. The monoisotopic (exact) mass is 319 g/mol. The maximum atomic E-state index is 12.3. The van der Waals surface area contributed by atoms with Gasteiger partial charge in [0, 0.05) is 22.7 Å². The highest BCUT2D eigenvalue weighted by molar-refractivity contribution is 6.37. The molecule has 0 aromatic heterocycles. The number of amides is 1. The van der Waals surface area contributed by atoms with Crippen molar-refractivity contribution in [1.29, 1.82) is 0 Å². The molecular weight excluding hydrogens is 309 g/mol. The van der Waals surface area contributed by atoms with Gasteiger partial charge < -0.3 is 4.90 Å². The minimum atomic E-state index is -0.196. The van der Waals surface area contributed by atoms with E-state index < -0.39 is 0 Å².